The van der Waals surface area contributed by atoms with Gasteiger partial charge in [0.2, 0.25) is 0 Å². The SMILES string of the molecule is Cc1cn(C)c(-c2cc3c(n4cnnc24)NCc2c(F)ccc4c2[C@H](CO4)CO3)n1. The second-order valence-electron chi connectivity index (χ2n) is 7.72. The van der Waals surface area contributed by atoms with Crippen molar-refractivity contribution >= 4 is 11.5 Å². The van der Waals surface area contributed by atoms with Crippen LogP contribution in [0.15, 0.2) is 30.7 Å². The Labute approximate surface area is 171 Å². The maximum Gasteiger partial charge on any atom is 0.173 e. The van der Waals surface area contributed by atoms with Crippen LogP contribution in [-0.2, 0) is 13.6 Å². The minimum absolute atomic E-state index is 0.0334. The third kappa shape index (κ3) is 2.41. The monoisotopic (exact) mass is 406 g/mol. The first kappa shape index (κ1) is 17.3. The molecule has 0 aliphatic carbocycles. The third-order valence-corrected chi connectivity index (χ3v) is 5.76. The largest absolute Gasteiger partial charge is 0.493 e. The maximum atomic E-state index is 14.7. The Balaban J connectivity index is 1.53. The van der Waals surface area contributed by atoms with Crippen LogP contribution in [-0.4, -0.2) is 37.4 Å². The van der Waals surface area contributed by atoms with E-state index in [2.05, 4.69) is 20.5 Å². The predicted octanol–water partition coefficient (Wildman–Crippen LogP) is 3.06. The van der Waals surface area contributed by atoms with Gasteiger partial charge in [0.15, 0.2) is 17.2 Å². The summed E-state index contributed by atoms with van der Waals surface area (Å²) in [7, 11) is 1.94. The second-order valence-corrected chi connectivity index (χ2v) is 7.72. The smallest absolute Gasteiger partial charge is 0.173 e. The molecule has 0 fully saturated rings. The van der Waals surface area contributed by atoms with E-state index < -0.39 is 0 Å². The molecule has 0 unspecified atom stereocenters. The zero-order valence-electron chi connectivity index (χ0n) is 16.5. The van der Waals surface area contributed by atoms with Gasteiger partial charge in [0.25, 0.3) is 0 Å². The van der Waals surface area contributed by atoms with Gasteiger partial charge in [-0.05, 0) is 25.1 Å². The summed E-state index contributed by atoms with van der Waals surface area (Å²) in [6.45, 7) is 3.11. The molecule has 3 aromatic heterocycles. The average Bonchev–Trinajstić information content (AvgIpc) is 3.44. The number of benzene rings is 1. The summed E-state index contributed by atoms with van der Waals surface area (Å²) in [6, 6.07) is 5.08. The number of rotatable bonds is 1. The lowest BCUT2D eigenvalue weighted by Gasteiger charge is -2.16. The Kier molecular flexibility index (Phi) is 3.56. The maximum absolute atomic E-state index is 14.7. The van der Waals surface area contributed by atoms with E-state index in [0.29, 0.717) is 42.5 Å². The number of anilines is 1. The number of halogens is 1. The Morgan fingerprint density at radius 3 is 2.83 bits per heavy atom. The van der Waals surface area contributed by atoms with Gasteiger partial charge in [-0.2, -0.15) is 0 Å². The molecule has 4 aromatic rings. The van der Waals surface area contributed by atoms with Crippen molar-refractivity contribution in [3.05, 3.63) is 53.4 Å². The molecule has 1 atom stereocenters. The highest BCUT2D eigenvalue weighted by atomic mass is 19.1. The van der Waals surface area contributed by atoms with Crippen LogP contribution in [0.2, 0.25) is 0 Å². The van der Waals surface area contributed by atoms with E-state index in [1.165, 1.54) is 6.07 Å². The number of nitrogens with one attached hydrogen (secondary N) is 1. The van der Waals surface area contributed by atoms with Crippen LogP contribution >= 0.6 is 0 Å². The predicted molar refractivity (Wildman–Crippen MR) is 107 cm³/mol. The van der Waals surface area contributed by atoms with Crippen LogP contribution < -0.4 is 14.8 Å². The first-order valence-corrected chi connectivity index (χ1v) is 9.78. The molecule has 8 nitrogen and oxygen atoms in total. The van der Waals surface area contributed by atoms with E-state index in [4.69, 9.17) is 9.47 Å². The molecule has 152 valence electrons. The molecule has 0 amide bonds. The molecular formula is C21H19FN6O2. The van der Waals surface area contributed by atoms with Gasteiger partial charge >= 0.3 is 0 Å². The van der Waals surface area contributed by atoms with E-state index in [1.807, 2.05) is 35.2 Å². The van der Waals surface area contributed by atoms with E-state index in [9.17, 15) is 4.39 Å². The fourth-order valence-electron chi connectivity index (χ4n) is 4.42. The highest BCUT2D eigenvalue weighted by molar-refractivity contribution is 5.79. The zero-order chi connectivity index (χ0) is 20.4. The zero-order valence-corrected chi connectivity index (χ0v) is 16.5. The normalized spacial score (nSPS) is 17.2. The quantitative estimate of drug-likeness (QED) is 0.524. The van der Waals surface area contributed by atoms with Gasteiger partial charge in [-0.15, -0.1) is 10.2 Å². The van der Waals surface area contributed by atoms with Crippen LogP contribution in [0.4, 0.5) is 10.2 Å². The lowest BCUT2D eigenvalue weighted by atomic mass is 9.96. The van der Waals surface area contributed by atoms with Gasteiger partial charge in [0.1, 0.15) is 23.7 Å². The molecule has 5 heterocycles. The molecule has 2 aliphatic rings. The molecular weight excluding hydrogens is 387 g/mol. The summed E-state index contributed by atoms with van der Waals surface area (Å²) < 4.78 is 30.5. The van der Waals surface area contributed by atoms with Crippen molar-refractivity contribution in [3.63, 3.8) is 0 Å². The van der Waals surface area contributed by atoms with Crippen molar-refractivity contribution in [1.82, 2.24) is 24.1 Å². The molecule has 0 bridgehead atoms. The number of imidazole rings is 1. The summed E-state index contributed by atoms with van der Waals surface area (Å²) in [5.41, 5.74) is 3.87. The average molecular weight is 406 g/mol. The lowest BCUT2D eigenvalue weighted by Crippen LogP contribution is -2.13. The van der Waals surface area contributed by atoms with Crippen LogP contribution in [0.1, 0.15) is 22.7 Å². The Morgan fingerprint density at radius 2 is 2.03 bits per heavy atom. The molecule has 1 aromatic carbocycles. The van der Waals surface area contributed by atoms with Crippen molar-refractivity contribution in [1.29, 1.82) is 0 Å². The van der Waals surface area contributed by atoms with Crippen molar-refractivity contribution in [2.75, 3.05) is 18.5 Å². The number of nitrogens with zero attached hydrogens (tertiary/aromatic N) is 5. The van der Waals surface area contributed by atoms with E-state index in [0.717, 1.165) is 28.4 Å². The molecule has 6 rings (SSSR count). The fourth-order valence-corrected chi connectivity index (χ4v) is 4.42. The first-order chi connectivity index (χ1) is 14.6. The van der Waals surface area contributed by atoms with Gasteiger partial charge in [0.05, 0.1) is 30.4 Å². The number of hydrogen-bond donors (Lipinski definition) is 1. The minimum atomic E-state index is -0.250. The summed E-state index contributed by atoms with van der Waals surface area (Å²) in [5, 5.41) is 11.7. The second kappa shape index (κ2) is 6.19. The van der Waals surface area contributed by atoms with Crippen molar-refractivity contribution in [2.45, 2.75) is 19.4 Å². The summed E-state index contributed by atoms with van der Waals surface area (Å²) in [5.74, 6) is 2.54. The molecule has 1 N–H and O–H groups in total. The number of hydrogen-bond acceptors (Lipinski definition) is 6. The van der Waals surface area contributed by atoms with Gasteiger partial charge < -0.3 is 19.4 Å². The molecule has 9 heteroatoms. The number of fused-ring (bicyclic) bond motifs is 3. The first-order valence-electron chi connectivity index (χ1n) is 9.78. The third-order valence-electron chi connectivity index (χ3n) is 5.76. The Bertz CT molecular complexity index is 1310. The molecule has 0 spiro atoms. The van der Waals surface area contributed by atoms with E-state index in [1.54, 1.807) is 12.4 Å². The van der Waals surface area contributed by atoms with Gasteiger partial charge in [-0.25, -0.2) is 9.37 Å². The highest BCUT2D eigenvalue weighted by Crippen LogP contribution is 2.41. The van der Waals surface area contributed by atoms with Gasteiger partial charge in [0, 0.05) is 30.9 Å². The minimum Gasteiger partial charge on any atom is -0.493 e. The Morgan fingerprint density at radius 1 is 1.20 bits per heavy atom. The van der Waals surface area contributed by atoms with Crippen LogP contribution in [0, 0.1) is 12.7 Å². The van der Waals surface area contributed by atoms with Gasteiger partial charge in [-0.1, -0.05) is 0 Å². The van der Waals surface area contributed by atoms with Crippen LogP contribution in [0.25, 0.3) is 17.0 Å². The fraction of sp³-hybridized carbons (Fsp3) is 0.286. The van der Waals surface area contributed by atoms with E-state index in [-0.39, 0.29) is 11.7 Å². The lowest BCUT2D eigenvalue weighted by molar-refractivity contribution is 0.249. The van der Waals surface area contributed by atoms with Crippen LogP contribution in [0.5, 0.6) is 11.5 Å². The molecule has 0 saturated heterocycles. The summed E-state index contributed by atoms with van der Waals surface area (Å²) in [6.07, 6.45) is 3.59. The summed E-state index contributed by atoms with van der Waals surface area (Å²) >= 11 is 0. The number of aryl methyl sites for hydroxylation is 2. The van der Waals surface area contributed by atoms with Crippen molar-refractivity contribution in [3.8, 4) is 22.9 Å². The molecule has 2 aliphatic heterocycles. The molecule has 0 radical (unpaired) electrons. The van der Waals surface area contributed by atoms with E-state index >= 15 is 0 Å². The van der Waals surface area contributed by atoms with Gasteiger partial charge in [-0.3, -0.25) is 4.40 Å². The van der Waals surface area contributed by atoms with Crippen LogP contribution in [0.3, 0.4) is 0 Å². The number of ether oxygens (including phenoxy) is 2. The van der Waals surface area contributed by atoms with Crippen molar-refractivity contribution < 1.29 is 13.9 Å². The molecule has 0 saturated carbocycles. The summed E-state index contributed by atoms with van der Waals surface area (Å²) in [4.78, 5) is 4.64. The topological polar surface area (TPSA) is 78.5 Å². The standard InChI is InChI=1S/C21H19FN6O2/c1-11-7-27(2)19(25-11)13-5-17-21(28-10-24-26-20(13)28)23-6-14-15(22)3-4-16-18(14)12(8-29-16)9-30-17/h3-5,7,10,12,23H,6,8-9H2,1-2H3/t12-/m1/s1. The Hall–Kier alpha value is -3.62. The highest BCUT2D eigenvalue weighted by Gasteiger charge is 2.31. The number of pyridine rings is 1. The van der Waals surface area contributed by atoms with Crippen molar-refractivity contribution in [2.24, 2.45) is 7.05 Å². The number of aromatic nitrogens is 5. The molecule has 30 heavy (non-hydrogen) atoms.